The number of unbranched alkanes of at least 4 members (excludes halogenated alkanes) is 3. The fourth-order valence-corrected chi connectivity index (χ4v) is 10.7. The number of nitrogens with one attached hydrogen (secondary N) is 5. The molecule has 2 aromatic rings. The third-order valence-corrected chi connectivity index (χ3v) is 15.0. The van der Waals surface area contributed by atoms with Crippen LogP contribution in [0.1, 0.15) is 127 Å². The summed E-state index contributed by atoms with van der Waals surface area (Å²) in [5.74, 6) is -2.41. The molecular weight excluding hydrogens is 879 g/mol. The van der Waals surface area contributed by atoms with E-state index in [4.69, 9.17) is 32.2 Å². The normalized spacial score (nSPS) is 23.9. The van der Waals surface area contributed by atoms with Crippen LogP contribution in [-0.4, -0.2) is 116 Å². The number of carbonyl (C=O) groups is 6. The lowest BCUT2D eigenvalue weighted by Crippen LogP contribution is -2.65. The summed E-state index contributed by atoms with van der Waals surface area (Å²) in [5, 5.41) is 13.6. The van der Waals surface area contributed by atoms with Crippen molar-refractivity contribution in [1.29, 1.82) is 0 Å². The molecule has 0 aromatic heterocycles. The van der Waals surface area contributed by atoms with Gasteiger partial charge in [-0.15, -0.1) is 0 Å². The van der Waals surface area contributed by atoms with Crippen LogP contribution in [0.15, 0.2) is 48.5 Å². The second-order valence-corrected chi connectivity index (χ2v) is 20.2. The van der Waals surface area contributed by atoms with Gasteiger partial charge in [0.15, 0.2) is 6.17 Å². The van der Waals surface area contributed by atoms with Crippen LogP contribution in [0.2, 0.25) is 0 Å². The molecule has 5 fully saturated rings. The molecule has 3 aliphatic carbocycles. The lowest BCUT2D eigenvalue weighted by molar-refractivity contribution is -0.199. The van der Waals surface area contributed by atoms with E-state index in [1.165, 1.54) is 10.5 Å². The minimum Gasteiger partial charge on any atom is -0.403 e. The predicted molar refractivity (Wildman–Crippen MR) is 264 cm³/mol. The molecule has 1 unspecified atom stereocenters. The van der Waals surface area contributed by atoms with Crippen LogP contribution in [0.3, 0.4) is 0 Å². The van der Waals surface area contributed by atoms with Crippen molar-refractivity contribution in [3.8, 4) is 11.1 Å². The first-order valence-corrected chi connectivity index (χ1v) is 25.2. The number of hydrogen-bond donors (Lipinski definition) is 9. The van der Waals surface area contributed by atoms with Crippen LogP contribution in [-0.2, 0) is 39.7 Å². The van der Waals surface area contributed by atoms with Gasteiger partial charge in [-0.05, 0) is 143 Å². The molecule has 2 saturated heterocycles. The van der Waals surface area contributed by atoms with Gasteiger partial charge in [-0.1, -0.05) is 63.6 Å². The lowest BCUT2D eigenvalue weighted by Gasteiger charge is -2.64. The fraction of sp³-hybridized carbons (Fsp3) is 0.640. The summed E-state index contributed by atoms with van der Waals surface area (Å²) in [6.07, 6.45) is 7.06. The van der Waals surface area contributed by atoms with Crippen molar-refractivity contribution in [2.45, 2.75) is 160 Å². The van der Waals surface area contributed by atoms with Gasteiger partial charge in [-0.25, -0.2) is 0 Å². The van der Waals surface area contributed by atoms with E-state index in [0.29, 0.717) is 69.0 Å². The summed E-state index contributed by atoms with van der Waals surface area (Å²) in [7, 11) is -0.876. The molecule has 2 aliphatic heterocycles. The van der Waals surface area contributed by atoms with Crippen LogP contribution >= 0.6 is 0 Å². The molecule has 378 valence electrons. The SMILES string of the molecule is CCCCc1ccc(-c2ccc(C(=O)NCCC(=O)N[C@@H](CCCCN)C(=O)N3CCC[C@H]3C(=O)N[C@@H](N)C(=O)N[C@@H](CCCCN)C(=O)N[C@@H](N)B3OC4C[C@@H]5C[C@@H](C5(C)C)[C@]4(C)O3)cc2)cc1. The molecule has 2 bridgehead atoms. The second kappa shape index (κ2) is 24.3. The highest BCUT2D eigenvalue weighted by Gasteiger charge is 2.68. The maximum absolute atomic E-state index is 14.1. The number of nitrogens with two attached hydrogens (primary N) is 4. The van der Waals surface area contributed by atoms with Gasteiger partial charge in [-0.2, -0.15) is 0 Å². The van der Waals surface area contributed by atoms with Crippen LogP contribution in [0, 0.1) is 17.3 Å². The molecule has 3 saturated carbocycles. The van der Waals surface area contributed by atoms with Crippen molar-refractivity contribution in [2.75, 3.05) is 26.2 Å². The van der Waals surface area contributed by atoms with Crippen molar-refractivity contribution in [2.24, 2.45) is 40.2 Å². The Balaban J connectivity index is 0.982. The first-order chi connectivity index (χ1) is 33.0. The molecule has 19 heteroatoms. The lowest BCUT2D eigenvalue weighted by atomic mass is 9.43. The average Bonchev–Trinajstić information content (AvgIpc) is 3.98. The number of rotatable bonds is 25. The molecular formula is C50H77BN10O8. The van der Waals surface area contributed by atoms with Gasteiger partial charge in [0.25, 0.3) is 11.8 Å². The smallest absolute Gasteiger partial charge is 0.403 e. The molecule has 0 radical (unpaired) electrons. The molecule has 13 N–H and O–H groups in total. The fourth-order valence-electron chi connectivity index (χ4n) is 10.7. The Morgan fingerprint density at radius 3 is 2.09 bits per heavy atom. The van der Waals surface area contributed by atoms with Crippen molar-refractivity contribution < 1.29 is 38.1 Å². The van der Waals surface area contributed by atoms with E-state index in [1.807, 2.05) is 12.1 Å². The quantitative estimate of drug-likeness (QED) is 0.0393. The van der Waals surface area contributed by atoms with Crippen molar-refractivity contribution in [1.82, 2.24) is 31.5 Å². The van der Waals surface area contributed by atoms with E-state index in [2.05, 4.69) is 78.5 Å². The van der Waals surface area contributed by atoms with Gasteiger partial charge < -0.3 is 63.7 Å². The second-order valence-electron chi connectivity index (χ2n) is 20.2. The number of nitrogens with zero attached hydrogens (tertiary/aromatic N) is 1. The van der Waals surface area contributed by atoms with Crippen LogP contribution in [0.25, 0.3) is 11.1 Å². The largest absolute Gasteiger partial charge is 0.497 e. The van der Waals surface area contributed by atoms with E-state index in [9.17, 15) is 28.8 Å². The highest BCUT2D eigenvalue weighted by Crippen LogP contribution is 2.65. The number of amides is 6. The van der Waals surface area contributed by atoms with Gasteiger partial charge in [0.2, 0.25) is 23.6 Å². The number of benzene rings is 2. The Morgan fingerprint density at radius 1 is 0.797 bits per heavy atom. The summed E-state index contributed by atoms with van der Waals surface area (Å²) in [4.78, 5) is 82.6. The van der Waals surface area contributed by atoms with Crippen molar-refractivity contribution in [3.63, 3.8) is 0 Å². The third kappa shape index (κ3) is 13.1. The summed E-state index contributed by atoms with van der Waals surface area (Å²) >= 11 is 0. The van der Waals surface area contributed by atoms with E-state index in [1.54, 1.807) is 12.1 Å². The number of likely N-dealkylation sites (tertiary alicyclic amines) is 1. The van der Waals surface area contributed by atoms with Crippen LogP contribution < -0.4 is 49.5 Å². The molecule has 0 spiro atoms. The maximum atomic E-state index is 14.1. The molecule has 7 rings (SSSR count). The van der Waals surface area contributed by atoms with Crippen molar-refractivity contribution in [3.05, 3.63) is 59.7 Å². The first-order valence-electron chi connectivity index (χ1n) is 25.2. The predicted octanol–water partition coefficient (Wildman–Crippen LogP) is 2.10. The van der Waals surface area contributed by atoms with Gasteiger partial charge in [0.05, 0.1) is 11.7 Å². The van der Waals surface area contributed by atoms with Crippen LogP contribution in [0.5, 0.6) is 0 Å². The average molecular weight is 957 g/mol. The molecule has 5 aliphatic rings. The number of aryl methyl sites for hydroxylation is 1. The van der Waals surface area contributed by atoms with Crippen molar-refractivity contribution >= 4 is 42.6 Å². The Kier molecular flexibility index (Phi) is 18.8. The Labute approximate surface area is 407 Å². The summed E-state index contributed by atoms with van der Waals surface area (Å²) in [5.41, 5.74) is 27.6. The standard InChI is InChI=1S/C50H77BN10O8/c1-5-6-12-31-16-18-32(19-17-31)33-20-22-34(23-21-33)43(63)56-27-24-41(62)57-37(14-8-10-26-53)47(67)61-28-11-15-38(61)45(65)59-42(54)46(66)58-36(13-7-9-25-52)44(64)60-48(55)51-68-40-30-35-29-39(49(35,2)3)50(40,4)69-51/h16-23,35-40,42,48H,5-15,24-30,52-55H2,1-4H3,(H,56,63)(H,57,62)(H,58,66)(H,59,65)(H,60,64)/t35-,36-,37-,38-,39-,40?,42+,48+,50-/m0/s1. The van der Waals surface area contributed by atoms with Gasteiger partial charge >= 0.3 is 7.12 Å². The van der Waals surface area contributed by atoms with Gasteiger partial charge in [-0.3, -0.25) is 28.8 Å². The van der Waals surface area contributed by atoms with Gasteiger partial charge in [0.1, 0.15) is 24.2 Å². The molecule has 2 heterocycles. The Morgan fingerprint density at radius 2 is 1.45 bits per heavy atom. The van der Waals surface area contributed by atoms with E-state index in [0.717, 1.165) is 43.2 Å². The Hall–Kier alpha value is -4.92. The number of carbonyl (C=O) groups excluding carboxylic acids is 6. The minimum absolute atomic E-state index is 0.0367. The molecule has 6 amide bonds. The minimum atomic E-state index is -1.56. The number of hydrogen-bond acceptors (Lipinski definition) is 12. The first kappa shape index (κ1) is 53.4. The molecule has 18 nitrogen and oxygen atoms in total. The maximum Gasteiger partial charge on any atom is 0.497 e. The van der Waals surface area contributed by atoms with Crippen LogP contribution in [0.4, 0.5) is 0 Å². The third-order valence-electron chi connectivity index (χ3n) is 15.0. The van der Waals surface area contributed by atoms with Gasteiger partial charge in [0, 0.05) is 25.1 Å². The monoisotopic (exact) mass is 957 g/mol. The zero-order chi connectivity index (χ0) is 49.9. The summed E-state index contributed by atoms with van der Waals surface area (Å²) in [6.45, 7) is 9.80. The molecule has 9 atom stereocenters. The molecule has 2 aromatic carbocycles. The zero-order valence-corrected chi connectivity index (χ0v) is 41.1. The van der Waals surface area contributed by atoms with E-state index in [-0.39, 0.29) is 49.8 Å². The Bertz CT molecular complexity index is 2100. The highest BCUT2D eigenvalue weighted by atomic mass is 16.7. The highest BCUT2D eigenvalue weighted by molar-refractivity contribution is 6.47. The van der Waals surface area contributed by atoms with E-state index < -0.39 is 72.6 Å². The summed E-state index contributed by atoms with van der Waals surface area (Å²) in [6, 6.07) is 11.7. The molecule has 69 heavy (non-hydrogen) atoms. The summed E-state index contributed by atoms with van der Waals surface area (Å²) < 4.78 is 12.7. The van der Waals surface area contributed by atoms with E-state index >= 15 is 0 Å². The zero-order valence-electron chi connectivity index (χ0n) is 41.1. The topological polar surface area (TPSA) is 288 Å².